The molecule has 0 saturated heterocycles. The highest BCUT2D eigenvalue weighted by atomic mass is 16.5. The predicted molar refractivity (Wildman–Crippen MR) is 154 cm³/mol. The van der Waals surface area contributed by atoms with Crippen molar-refractivity contribution in [3.8, 4) is 11.5 Å². The predicted octanol–water partition coefficient (Wildman–Crippen LogP) is 7.34. The van der Waals surface area contributed by atoms with Crippen LogP contribution >= 0.6 is 0 Å². The van der Waals surface area contributed by atoms with Crippen LogP contribution in [-0.4, -0.2) is 59.3 Å². The fourth-order valence-corrected chi connectivity index (χ4v) is 4.42. The van der Waals surface area contributed by atoms with Crippen LogP contribution in [0.3, 0.4) is 0 Å². The second kappa shape index (κ2) is 22.1. The molecule has 1 amide bonds. The third-order valence-corrected chi connectivity index (χ3v) is 6.60. The van der Waals surface area contributed by atoms with Gasteiger partial charge in [-0.1, -0.05) is 104 Å². The first-order valence-electron chi connectivity index (χ1n) is 15.0. The van der Waals surface area contributed by atoms with Crippen molar-refractivity contribution in [2.75, 3.05) is 26.3 Å². The number of hydrogen-bond donors (Lipinski definition) is 2. The van der Waals surface area contributed by atoms with Crippen LogP contribution in [0.25, 0.3) is 0 Å². The monoisotopic (exact) mass is 549 g/mol. The number of carboxylic acid groups (broad SMARTS) is 2. The van der Waals surface area contributed by atoms with Crippen molar-refractivity contribution in [1.82, 2.24) is 4.90 Å². The number of nitrogens with zero attached hydrogens (tertiary/aromatic N) is 1. The molecular weight excluding hydrogens is 498 g/mol. The van der Waals surface area contributed by atoms with Gasteiger partial charge in [0.15, 0.2) is 0 Å². The third kappa shape index (κ3) is 17.4. The van der Waals surface area contributed by atoms with Crippen molar-refractivity contribution in [1.29, 1.82) is 0 Å². The number of ether oxygens (including phenoxy) is 2. The molecule has 8 heteroatoms. The lowest BCUT2D eigenvalue weighted by Crippen LogP contribution is -2.39. The first kappa shape index (κ1) is 34.3. The molecule has 0 unspecified atom stereocenters. The SMILES string of the molecule is CCCCCCCCCCOc1cc(OCCCCCCCCCC)cc(C(=O)N(CC(=O)O)CC(=O)O)c1. The zero-order chi connectivity index (χ0) is 28.7. The Morgan fingerprint density at radius 2 is 0.949 bits per heavy atom. The summed E-state index contributed by atoms with van der Waals surface area (Å²) in [7, 11) is 0. The maximum absolute atomic E-state index is 13.1. The van der Waals surface area contributed by atoms with Crippen LogP contribution in [0.4, 0.5) is 0 Å². The standard InChI is InChI=1S/C31H51NO7/c1-3-5-7-9-11-13-15-17-19-38-27-21-26(31(37)32(24-29(33)34)25-30(35)36)22-28(23-27)39-20-18-16-14-12-10-8-6-4-2/h21-23H,3-20,24-25H2,1-2H3,(H,33,34)(H,35,36). The molecule has 0 aliphatic carbocycles. The quantitative estimate of drug-likeness (QED) is 0.123. The lowest BCUT2D eigenvalue weighted by molar-refractivity contribution is -0.140. The molecule has 39 heavy (non-hydrogen) atoms. The Bertz CT molecular complexity index is 771. The summed E-state index contributed by atoms with van der Waals surface area (Å²) in [4.78, 5) is 36.3. The smallest absolute Gasteiger partial charge is 0.323 e. The van der Waals surface area contributed by atoms with E-state index in [9.17, 15) is 14.4 Å². The van der Waals surface area contributed by atoms with Gasteiger partial charge in [0.05, 0.1) is 13.2 Å². The van der Waals surface area contributed by atoms with Crippen molar-refractivity contribution in [2.45, 2.75) is 117 Å². The van der Waals surface area contributed by atoms with E-state index >= 15 is 0 Å². The minimum atomic E-state index is -1.28. The summed E-state index contributed by atoms with van der Waals surface area (Å²) >= 11 is 0. The Morgan fingerprint density at radius 1 is 0.590 bits per heavy atom. The van der Waals surface area contributed by atoms with E-state index in [2.05, 4.69) is 13.8 Å². The average Bonchev–Trinajstić information content (AvgIpc) is 2.90. The molecular formula is C31H51NO7. The van der Waals surface area contributed by atoms with Crippen LogP contribution in [0.15, 0.2) is 18.2 Å². The van der Waals surface area contributed by atoms with E-state index in [4.69, 9.17) is 19.7 Å². The van der Waals surface area contributed by atoms with E-state index in [0.29, 0.717) is 24.7 Å². The summed E-state index contributed by atoms with van der Waals surface area (Å²) in [5, 5.41) is 18.3. The van der Waals surface area contributed by atoms with Gasteiger partial charge in [-0.05, 0) is 25.0 Å². The number of hydrogen-bond acceptors (Lipinski definition) is 5. The second-order valence-electron chi connectivity index (χ2n) is 10.3. The van der Waals surface area contributed by atoms with Crippen molar-refractivity contribution < 1.29 is 34.1 Å². The normalized spacial score (nSPS) is 10.8. The van der Waals surface area contributed by atoms with Gasteiger partial charge in [0.25, 0.3) is 5.91 Å². The fraction of sp³-hybridized carbons (Fsp3) is 0.710. The van der Waals surface area contributed by atoms with Crippen LogP contribution in [0.1, 0.15) is 127 Å². The molecule has 1 aromatic rings. The topological polar surface area (TPSA) is 113 Å². The number of rotatable bonds is 25. The molecule has 0 saturated carbocycles. The molecule has 0 aliphatic rings. The maximum Gasteiger partial charge on any atom is 0.323 e. The Morgan fingerprint density at radius 3 is 1.31 bits per heavy atom. The van der Waals surface area contributed by atoms with E-state index in [1.807, 2.05) is 0 Å². The largest absolute Gasteiger partial charge is 0.493 e. The zero-order valence-electron chi connectivity index (χ0n) is 24.3. The van der Waals surface area contributed by atoms with Crippen molar-refractivity contribution in [3.05, 3.63) is 23.8 Å². The van der Waals surface area contributed by atoms with Crippen LogP contribution in [0.2, 0.25) is 0 Å². The first-order chi connectivity index (χ1) is 18.9. The van der Waals surface area contributed by atoms with Gasteiger partial charge in [-0.25, -0.2) is 0 Å². The summed E-state index contributed by atoms with van der Waals surface area (Å²) in [6.45, 7) is 4.01. The van der Waals surface area contributed by atoms with E-state index in [0.717, 1.165) is 43.4 Å². The van der Waals surface area contributed by atoms with Crippen molar-refractivity contribution in [3.63, 3.8) is 0 Å². The number of unbranched alkanes of at least 4 members (excludes halogenated alkanes) is 14. The minimum absolute atomic E-state index is 0.150. The van der Waals surface area contributed by atoms with Gasteiger partial charge in [0.1, 0.15) is 24.6 Å². The Balaban J connectivity index is 2.73. The Hall–Kier alpha value is -2.77. The van der Waals surface area contributed by atoms with Crippen molar-refractivity contribution >= 4 is 17.8 Å². The maximum atomic E-state index is 13.1. The Labute approximate surface area is 235 Å². The molecule has 1 rings (SSSR count). The van der Waals surface area contributed by atoms with Crippen LogP contribution in [0.5, 0.6) is 11.5 Å². The van der Waals surface area contributed by atoms with Gasteiger partial charge >= 0.3 is 11.9 Å². The van der Waals surface area contributed by atoms with E-state index < -0.39 is 30.9 Å². The number of benzene rings is 1. The molecule has 1 aromatic carbocycles. The molecule has 0 heterocycles. The number of carboxylic acids is 2. The lowest BCUT2D eigenvalue weighted by Gasteiger charge is -2.19. The third-order valence-electron chi connectivity index (χ3n) is 6.60. The van der Waals surface area contributed by atoms with Gasteiger partial charge in [0, 0.05) is 11.6 Å². The highest BCUT2D eigenvalue weighted by Crippen LogP contribution is 2.25. The summed E-state index contributed by atoms with van der Waals surface area (Å²) < 4.78 is 11.9. The van der Waals surface area contributed by atoms with Gasteiger partial charge < -0.3 is 24.6 Å². The number of carbonyl (C=O) groups excluding carboxylic acids is 1. The number of carbonyl (C=O) groups is 3. The Kier molecular flexibility index (Phi) is 19.4. The zero-order valence-corrected chi connectivity index (χ0v) is 24.3. The van der Waals surface area contributed by atoms with Crippen molar-refractivity contribution in [2.24, 2.45) is 0 Å². The fourth-order valence-electron chi connectivity index (χ4n) is 4.42. The molecule has 0 fully saturated rings. The van der Waals surface area contributed by atoms with Gasteiger partial charge in [-0.15, -0.1) is 0 Å². The van der Waals surface area contributed by atoms with Gasteiger partial charge in [0.2, 0.25) is 0 Å². The summed E-state index contributed by atoms with van der Waals surface area (Å²) in [5.74, 6) is -2.33. The molecule has 222 valence electrons. The molecule has 2 N–H and O–H groups in total. The molecule has 0 aromatic heterocycles. The highest BCUT2D eigenvalue weighted by molar-refractivity contribution is 5.98. The summed E-state index contributed by atoms with van der Waals surface area (Å²) in [6, 6.07) is 4.81. The molecule has 0 radical (unpaired) electrons. The average molecular weight is 550 g/mol. The molecule has 0 bridgehead atoms. The summed E-state index contributed by atoms with van der Waals surface area (Å²) in [5.41, 5.74) is 0.150. The molecule has 0 spiro atoms. The van der Waals surface area contributed by atoms with E-state index in [-0.39, 0.29) is 5.56 Å². The van der Waals surface area contributed by atoms with E-state index in [1.54, 1.807) is 6.07 Å². The minimum Gasteiger partial charge on any atom is -0.493 e. The molecule has 8 nitrogen and oxygen atoms in total. The van der Waals surface area contributed by atoms with Gasteiger partial charge in [-0.2, -0.15) is 0 Å². The van der Waals surface area contributed by atoms with Crippen LogP contribution in [0, 0.1) is 0 Å². The molecule has 0 aliphatic heterocycles. The van der Waals surface area contributed by atoms with Crippen LogP contribution in [-0.2, 0) is 9.59 Å². The highest BCUT2D eigenvalue weighted by Gasteiger charge is 2.22. The number of aliphatic carboxylic acids is 2. The summed E-state index contributed by atoms with van der Waals surface area (Å²) in [6.07, 6.45) is 18.9. The number of amides is 1. The van der Waals surface area contributed by atoms with E-state index in [1.165, 1.54) is 76.3 Å². The first-order valence-corrected chi connectivity index (χ1v) is 15.0. The van der Waals surface area contributed by atoms with Gasteiger partial charge in [-0.3, -0.25) is 14.4 Å². The van der Waals surface area contributed by atoms with Crippen LogP contribution < -0.4 is 9.47 Å². The lowest BCUT2D eigenvalue weighted by atomic mass is 10.1. The molecule has 0 atom stereocenters. The second-order valence-corrected chi connectivity index (χ2v) is 10.3.